The van der Waals surface area contributed by atoms with Gasteiger partial charge in [0.1, 0.15) is 0 Å². The van der Waals surface area contributed by atoms with E-state index in [4.69, 9.17) is 0 Å². The van der Waals surface area contributed by atoms with E-state index >= 15 is 0 Å². The number of rotatable bonds is 33. The highest BCUT2D eigenvalue weighted by Crippen LogP contribution is 2.15. The van der Waals surface area contributed by atoms with Crippen LogP contribution in [0.1, 0.15) is 200 Å². The van der Waals surface area contributed by atoms with Gasteiger partial charge >= 0.3 is 0 Å². The third kappa shape index (κ3) is 30.4. The van der Waals surface area contributed by atoms with E-state index in [1.165, 1.54) is 154 Å². The Balaban J connectivity index is 3.58. The molecule has 4 heteroatoms. The van der Waals surface area contributed by atoms with E-state index in [2.05, 4.69) is 19.2 Å². The maximum Gasteiger partial charge on any atom is 0.220 e. The molecule has 0 unspecified atom stereocenters. The highest BCUT2D eigenvalue weighted by Gasteiger charge is 2.17. The molecule has 0 bridgehead atoms. The zero-order valence-corrected chi connectivity index (χ0v) is 27.8. The molecule has 0 heterocycles. The molecular formula is C37H73NO3. The largest absolute Gasteiger partial charge is 0.394 e. The van der Waals surface area contributed by atoms with Gasteiger partial charge in [0.15, 0.2) is 0 Å². The predicted octanol–water partition coefficient (Wildman–Crippen LogP) is 10.7. The zero-order chi connectivity index (χ0) is 30.1. The minimum absolute atomic E-state index is 0.0628. The van der Waals surface area contributed by atoms with Crippen molar-refractivity contribution in [2.75, 3.05) is 6.61 Å². The highest BCUT2D eigenvalue weighted by molar-refractivity contribution is 5.76. The number of hydrogen-bond donors (Lipinski definition) is 3. The minimum atomic E-state index is -0.831. The third-order valence-electron chi connectivity index (χ3n) is 8.52. The van der Waals surface area contributed by atoms with Crippen LogP contribution in [0.2, 0.25) is 0 Å². The van der Waals surface area contributed by atoms with E-state index in [0.717, 1.165) is 25.7 Å². The summed E-state index contributed by atoms with van der Waals surface area (Å²) in [6.45, 7) is 4.30. The van der Waals surface area contributed by atoms with Crippen LogP contribution in [0.5, 0.6) is 0 Å². The molecule has 1 amide bonds. The van der Waals surface area contributed by atoms with E-state index < -0.39 is 12.1 Å². The van der Waals surface area contributed by atoms with Crippen molar-refractivity contribution >= 4 is 5.91 Å². The molecule has 41 heavy (non-hydrogen) atoms. The van der Waals surface area contributed by atoms with Crippen LogP contribution in [0.3, 0.4) is 0 Å². The SMILES string of the molecule is CCCCCCCCCCCCC/C=C/[C@@H](O)[C@@H](CO)NC(=O)CCCCCCCCCCCCCCCCCC. The Hall–Kier alpha value is -0.870. The number of allylic oxidation sites excluding steroid dienone is 1. The summed E-state index contributed by atoms with van der Waals surface area (Å²) in [5.41, 5.74) is 0. The van der Waals surface area contributed by atoms with E-state index in [1.807, 2.05) is 6.08 Å². The van der Waals surface area contributed by atoms with Crippen molar-refractivity contribution in [3.8, 4) is 0 Å². The van der Waals surface area contributed by atoms with Gasteiger partial charge < -0.3 is 15.5 Å². The number of unbranched alkanes of at least 4 members (excludes halogenated alkanes) is 26. The van der Waals surface area contributed by atoms with Crippen LogP contribution in [0, 0.1) is 0 Å². The van der Waals surface area contributed by atoms with Gasteiger partial charge in [-0.25, -0.2) is 0 Å². The predicted molar refractivity (Wildman–Crippen MR) is 179 cm³/mol. The Morgan fingerprint density at radius 1 is 0.561 bits per heavy atom. The molecule has 0 aromatic rings. The van der Waals surface area contributed by atoms with Crippen LogP contribution in [0.15, 0.2) is 12.2 Å². The first-order chi connectivity index (χ1) is 20.2. The Morgan fingerprint density at radius 2 is 0.902 bits per heavy atom. The monoisotopic (exact) mass is 580 g/mol. The Kier molecular flexibility index (Phi) is 32.9. The summed E-state index contributed by atoms with van der Waals surface area (Å²) in [4.78, 5) is 12.3. The second-order valence-corrected chi connectivity index (χ2v) is 12.7. The number of amides is 1. The normalized spacial score (nSPS) is 13.2. The third-order valence-corrected chi connectivity index (χ3v) is 8.52. The lowest BCUT2D eigenvalue weighted by Crippen LogP contribution is -2.45. The van der Waals surface area contributed by atoms with Gasteiger partial charge in [0.2, 0.25) is 5.91 Å². The maximum atomic E-state index is 12.3. The van der Waals surface area contributed by atoms with Gasteiger partial charge in [0.25, 0.3) is 0 Å². The van der Waals surface area contributed by atoms with Gasteiger partial charge in [-0.2, -0.15) is 0 Å². The van der Waals surface area contributed by atoms with Gasteiger partial charge in [-0.15, -0.1) is 0 Å². The molecule has 3 N–H and O–H groups in total. The fourth-order valence-corrected chi connectivity index (χ4v) is 5.65. The molecule has 244 valence electrons. The Morgan fingerprint density at radius 3 is 1.27 bits per heavy atom. The molecule has 0 saturated heterocycles. The fourth-order valence-electron chi connectivity index (χ4n) is 5.65. The average Bonchev–Trinajstić information content (AvgIpc) is 2.97. The van der Waals surface area contributed by atoms with E-state index in [9.17, 15) is 15.0 Å². The number of hydrogen-bond acceptors (Lipinski definition) is 3. The lowest BCUT2D eigenvalue weighted by atomic mass is 10.0. The van der Waals surface area contributed by atoms with Crippen molar-refractivity contribution in [1.82, 2.24) is 5.32 Å². The first-order valence-corrected chi connectivity index (χ1v) is 18.4. The molecule has 0 aliphatic carbocycles. The van der Waals surface area contributed by atoms with Crippen molar-refractivity contribution in [3.63, 3.8) is 0 Å². The molecule has 0 saturated carbocycles. The average molecular weight is 580 g/mol. The number of nitrogens with one attached hydrogen (secondary N) is 1. The molecule has 0 aromatic carbocycles. The second kappa shape index (κ2) is 33.6. The number of aliphatic hydroxyl groups excluding tert-OH is 2. The Bertz CT molecular complexity index is 550. The number of carbonyl (C=O) groups is 1. The van der Waals surface area contributed by atoms with Crippen LogP contribution < -0.4 is 5.32 Å². The molecule has 0 radical (unpaired) electrons. The summed E-state index contributed by atoms with van der Waals surface area (Å²) in [7, 11) is 0. The summed E-state index contributed by atoms with van der Waals surface area (Å²) in [6, 6.07) is -0.614. The summed E-state index contributed by atoms with van der Waals surface area (Å²) in [6.07, 6.45) is 40.0. The molecular weight excluding hydrogens is 506 g/mol. The number of carbonyl (C=O) groups excluding carboxylic acids is 1. The van der Waals surface area contributed by atoms with E-state index in [-0.39, 0.29) is 12.5 Å². The van der Waals surface area contributed by atoms with Crippen LogP contribution >= 0.6 is 0 Å². The lowest BCUT2D eigenvalue weighted by Gasteiger charge is -2.20. The van der Waals surface area contributed by atoms with Crippen LogP contribution in [0.25, 0.3) is 0 Å². The van der Waals surface area contributed by atoms with Crippen LogP contribution in [-0.2, 0) is 4.79 Å². The van der Waals surface area contributed by atoms with Crippen LogP contribution in [0.4, 0.5) is 0 Å². The highest BCUT2D eigenvalue weighted by atomic mass is 16.3. The van der Waals surface area contributed by atoms with Crippen molar-refractivity contribution < 1.29 is 15.0 Å². The topological polar surface area (TPSA) is 69.6 Å². The smallest absolute Gasteiger partial charge is 0.220 e. The summed E-state index contributed by atoms with van der Waals surface area (Å²) in [5, 5.41) is 22.9. The van der Waals surface area contributed by atoms with Crippen molar-refractivity contribution in [2.24, 2.45) is 0 Å². The van der Waals surface area contributed by atoms with Crippen molar-refractivity contribution in [3.05, 3.63) is 12.2 Å². The molecule has 2 atom stereocenters. The molecule has 0 aliphatic rings. The van der Waals surface area contributed by atoms with Gasteiger partial charge in [0, 0.05) is 6.42 Å². The molecule has 0 rings (SSSR count). The zero-order valence-electron chi connectivity index (χ0n) is 27.8. The van der Waals surface area contributed by atoms with Gasteiger partial charge in [-0.3, -0.25) is 4.79 Å². The van der Waals surface area contributed by atoms with Crippen molar-refractivity contribution in [2.45, 2.75) is 212 Å². The molecule has 0 fully saturated rings. The quantitative estimate of drug-likeness (QED) is 0.0535. The molecule has 0 aromatic heterocycles. The minimum Gasteiger partial charge on any atom is -0.394 e. The fraction of sp³-hybridized carbons (Fsp3) is 0.919. The van der Waals surface area contributed by atoms with E-state index in [0.29, 0.717) is 6.42 Å². The van der Waals surface area contributed by atoms with E-state index in [1.54, 1.807) is 6.08 Å². The Labute approximate surface area is 256 Å². The summed E-state index contributed by atoms with van der Waals surface area (Å²) >= 11 is 0. The van der Waals surface area contributed by atoms with Crippen LogP contribution in [-0.4, -0.2) is 34.9 Å². The number of aliphatic hydroxyl groups is 2. The van der Waals surface area contributed by atoms with Gasteiger partial charge in [-0.1, -0.05) is 187 Å². The molecule has 0 aliphatic heterocycles. The summed E-state index contributed by atoms with van der Waals surface area (Å²) in [5.74, 6) is -0.0628. The first kappa shape index (κ1) is 40.1. The standard InChI is InChI=1S/C37H73NO3/c1-3-5-7-9-11-13-15-17-18-19-21-23-25-27-29-31-33-37(41)38-35(34-39)36(40)32-30-28-26-24-22-20-16-14-12-10-8-6-4-2/h30,32,35-36,39-40H,3-29,31,33-34H2,1-2H3,(H,38,41)/b32-30+/t35-,36-/m1/s1. The maximum absolute atomic E-state index is 12.3. The second-order valence-electron chi connectivity index (χ2n) is 12.7. The first-order valence-electron chi connectivity index (χ1n) is 18.4. The van der Waals surface area contributed by atoms with Gasteiger partial charge in [-0.05, 0) is 19.3 Å². The summed E-state index contributed by atoms with van der Waals surface area (Å²) < 4.78 is 0. The molecule has 4 nitrogen and oxygen atoms in total. The van der Waals surface area contributed by atoms with Crippen molar-refractivity contribution in [1.29, 1.82) is 0 Å². The van der Waals surface area contributed by atoms with Gasteiger partial charge in [0.05, 0.1) is 18.8 Å². The molecule has 0 spiro atoms. The lowest BCUT2D eigenvalue weighted by molar-refractivity contribution is -0.123.